The van der Waals surface area contributed by atoms with Crippen LogP contribution in [0.15, 0.2) is 18.2 Å². The molecule has 0 aliphatic rings. The van der Waals surface area contributed by atoms with Crippen molar-refractivity contribution >= 4 is 12.6 Å². The predicted molar refractivity (Wildman–Crippen MR) is 83.2 cm³/mol. The molecule has 0 spiro atoms. The molecule has 0 aliphatic heterocycles. The van der Waals surface area contributed by atoms with Gasteiger partial charge in [0.2, 0.25) is 0 Å². The van der Waals surface area contributed by atoms with Crippen molar-refractivity contribution in [2.24, 2.45) is 0 Å². The highest BCUT2D eigenvalue weighted by Crippen LogP contribution is 2.34. The zero-order valence-corrected chi connectivity index (χ0v) is 13.2. The summed E-state index contributed by atoms with van der Waals surface area (Å²) in [5.74, 6) is 2.50. The lowest BCUT2D eigenvalue weighted by Crippen LogP contribution is -2.14. The summed E-state index contributed by atoms with van der Waals surface area (Å²) < 4.78 is 5.74. The number of benzene rings is 1. The Morgan fingerprint density at radius 3 is 2.44 bits per heavy atom. The summed E-state index contributed by atoms with van der Waals surface area (Å²) >= 11 is 4.32. The highest BCUT2D eigenvalue weighted by atomic mass is 32.1. The summed E-state index contributed by atoms with van der Waals surface area (Å²) in [6, 6.07) is 6.61. The zero-order valence-electron chi connectivity index (χ0n) is 12.3. The Bertz CT molecular complexity index is 379. The van der Waals surface area contributed by atoms with Crippen molar-refractivity contribution in [3.63, 3.8) is 0 Å². The van der Waals surface area contributed by atoms with Gasteiger partial charge in [-0.05, 0) is 47.6 Å². The van der Waals surface area contributed by atoms with E-state index in [2.05, 4.69) is 58.5 Å². The summed E-state index contributed by atoms with van der Waals surface area (Å²) in [6.07, 6.45) is 1.11. The van der Waals surface area contributed by atoms with Crippen LogP contribution in [0.4, 0.5) is 0 Å². The summed E-state index contributed by atoms with van der Waals surface area (Å²) in [5.41, 5.74) is 2.80. The Labute approximate surface area is 117 Å². The fraction of sp³-hybridized carbons (Fsp3) is 0.625. The van der Waals surface area contributed by atoms with E-state index < -0.39 is 0 Å². The second kappa shape index (κ2) is 6.51. The molecule has 1 aromatic carbocycles. The summed E-state index contributed by atoms with van der Waals surface area (Å²) in [4.78, 5) is 0. The van der Waals surface area contributed by atoms with Gasteiger partial charge < -0.3 is 4.74 Å². The van der Waals surface area contributed by atoms with E-state index in [1.807, 2.05) is 6.92 Å². The molecule has 18 heavy (non-hydrogen) atoms. The average Bonchev–Trinajstić information content (AvgIpc) is 2.28. The third-order valence-electron chi connectivity index (χ3n) is 3.24. The molecule has 0 saturated carbocycles. The molecule has 1 nitrogen and oxygen atoms in total. The topological polar surface area (TPSA) is 9.23 Å². The van der Waals surface area contributed by atoms with Crippen molar-refractivity contribution in [3.05, 3.63) is 29.3 Å². The molecule has 2 heteroatoms. The van der Waals surface area contributed by atoms with E-state index >= 15 is 0 Å². The first kappa shape index (κ1) is 15.4. The molecule has 0 bridgehead atoms. The van der Waals surface area contributed by atoms with Gasteiger partial charge in [-0.25, -0.2) is 0 Å². The summed E-state index contributed by atoms with van der Waals surface area (Å²) in [7, 11) is 0. The Morgan fingerprint density at radius 2 is 1.94 bits per heavy atom. The lowest BCUT2D eigenvalue weighted by Gasteiger charge is -2.24. The molecule has 0 N–H and O–H groups in total. The number of hydrogen-bond donors (Lipinski definition) is 1. The molecule has 0 amide bonds. The second-order valence-electron chi connectivity index (χ2n) is 5.85. The van der Waals surface area contributed by atoms with Crippen LogP contribution in [0.1, 0.15) is 58.1 Å². The van der Waals surface area contributed by atoms with Crippen molar-refractivity contribution < 1.29 is 4.74 Å². The largest absolute Gasteiger partial charge is 0.494 e. The molecule has 0 saturated heterocycles. The van der Waals surface area contributed by atoms with Crippen molar-refractivity contribution in [1.82, 2.24) is 0 Å². The molecule has 1 unspecified atom stereocenters. The summed E-state index contributed by atoms with van der Waals surface area (Å²) in [5, 5.41) is 0. The molecular formula is C16H26OS. The maximum absolute atomic E-state index is 5.74. The van der Waals surface area contributed by atoms with Crippen LogP contribution in [0, 0.1) is 0 Å². The normalized spacial score (nSPS) is 13.4. The van der Waals surface area contributed by atoms with Crippen molar-refractivity contribution in [1.29, 1.82) is 0 Å². The van der Waals surface area contributed by atoms with Crippen LogP contribution in [-0.2, 0) is 5.41 Å². The van der Waals surface area contributed by atoms with Gasteiger partial charge in [0.25, 0.3) is 0 Å². The van der Waals surface area contributed by atoms with E-state index in [1.54, 1.807) is 0 Å². The van der Waals surface area contributed by atoms with Crippen LogP contribution >= 0.6 is 12.6 Å². The smallest absolute Gasteiger partial charge is 0.123 e. The molecule has 102 valence electrons. The van der Waals surface area contributed by atoms with E-state index in [9.17, 15) is 0 Å². The van der Waals surface area contributed by atoms with Crippen LogP contribution in [0.3, 0.4) is 0 Å². The standard InChI is InChI=1S/C16H26OS/c1-6-17-15-8-7-13(12(2)9-10-18)11-14(15)16(3,4)5/h7-8,11-12,18H,6,9-10H2,1-5H3. The van der Waals surface area contributed by atoms with Crippen LogP contribution in [0.2, 0.25) is 0 Å². The highest BCUT2D eigenvalue weighted by Gasteiger charge is 2.20. The minimum Gasteiger partial charge on any atom is -0.494 e. The quantitative estimate of drug-likeness (QED) is 0.753. The molecule has 0 fully saturated rings. The minimum atomic E-state index is 0.112. The van der Waals surface area contributed by atoms with Gasteiger partial charge in [-0.15, -0.1) is 0 Å². The summed E-state index contributed by atoms with van der Waals surface area (Å²) in [6.45, 7) is 11.7. The van der Waals surface area contributed by atoms with E-state index in [0.717, 1.165) is 17.9 Å². The van der Waals surface area contributed by atoms with E-state index in [0.29, 0.717) is 12.5 Å². The second-order valence-corrected chi connectivity index (χ2v) is 6.30. The molecule has 1 atom stereocenters. The van der Waals surface area contributed by atoms with Gasteiger partial charge in [0.05, 0.1) is 6.61 Å². The molecule has 0 aromatic heterocycles. The predicted octanol–water partition coefficient (Wildman–Crippen LogP) is 4.81. The number of hydrogen-bond acceptors (Lipinski definition) is 2. The van der Waals surface area contributed by atoms with Crippen LogP contribution < -0.4 is 4.74 Å². The first-order valence-electron chi connectivity index (χ1n) is 6.78. The minimum absolute atomic E-state index is 0.112. The first-order valence-corrected chi connectivity index (χ1v) is 7.41. The molecule has 0 radical (unpaired) electrons. The first-order chi connectivity index (χ1) is 8.40. The van der Waals surface area contributed by atoms with Crippen LogP contribution in [0.5, 0.6) is 5.75 Å². The fourth-order valence-electron chi connectivity index (χ4n) is 2.08. The Hall–Kier alpha value is -0.630. The van der Waals surface area contributed by atoms with E-state index in [1.165, 1.54) is 11.1 Å². The molecular weight excluding hydrogens is 240 g/mol. The van der Waals surface area contributed by atoms with Gasteiger partial charge in [-0.3, -0.25) is 0 Å². The van der Waals surface area contributed by atoms with Crippen LogP contribution in [-0.4, -0.2) is 12.4 Å². The monoisotopic (exact) mass is 266 g/mol. The molecule has 1 rings (SSSR count). The lowest BCUT2D eigenvalue weighted by molar-refractivity contribution is 0.329. The third kappa shape index (κ3) is 3.94. The van der Waals surface area contributed by atoms with Gasteiger partial charge in [0.1, 0.15) is 5.75 Å². The van der Waals surface area contributed by atoms with E-state index in [-0.39, 0.29) is 5.41 Å². The fourth-order valence-corrected chi connectivity index (χ4v) is 2.47. The molecule has 0 aliphatic carbocycles. The van der Waals surface area contributed by atoms with Crippen molar-refractivity contribution in [2.75, 3.05) is 12.4 Å². The van der Waals surface area contributed by atoms with Gasteiger partial charge in [0.15, 0.2) is 0 Å². The van der Waals surface area contributed by atoms with Crippen LogP contribution in [0.25, 0.3) is 0 Å². The van der Waals surface area contributed by atoms with E-state index in [4.69, 9.17) is 4.74 Å². The van der Waals surface area contributed by atoms with Gasteiger partial charge >= 0.3 is 0 Å². The number of rotatable bonds is 5. The average molecular weight is 266 g/mol. The lowest BCUT2D eigenvalue weighted by atomic mass is 9.83. The van der Waals surface area contributed by atoms with Crippen molar-refractivity contribution in [3.8, 4) is 5.75 Å². The van der Waals surface area contributed by atoms with Gasteiger partial charge in [-0.2, -0.15) is 12.6 Å². The Morgan fingerprint density at radius 1 is 1.28 bits per heavy atom. The molecule has 1 aromatic rings. The van der Waals surface area contributed by atoms with Crippen molar-refractivity contribution in [2.45, 2.75) is 52.4 Å². The number of ether oxygens (including phenoxy) is 1. The third-order valence-corrected chi connectivity index (χ3v) is 3.50. The number of thiol groups is 1. The van der Waals surface area contributed by atoms with Gasteiger partial charge in [-0.1, -0.05) is 39.8 Å². The SMILES string of the molecule is CCOc1ccc(C(C)CCS)cc1C(C)(C)C. The highest BCUT2D eigenvalue weighted by molar-refractivity contribution is 7.80. The maximum atomic E-state index is 5.74. The maximum Gasteiger partial charge on any atom is 0.123 e. The molecule has 0 heterocycles. The van der Waals surface area contributed by atoms with Gasteiger partial charge in [0, 0.05) is 0 Å². The zero-order chi connectivity index (χ0) is 13.8. The Kier molecular flexibility index (Phi) is 5.58. The Balaban J connectivity index is 3.13.